The van der Waals surface area contributed by atoms with E-state index >= 15 is 0 Å². The van der Waals surface area contributed by atoms with Gasteiger partial charge in [-0.05, 0) is 36.5 Å². The summed E-state index contributed by atoms with van der Waals surface area (Å²) in [6.45, 7) is 8.00. The van der Waals surface area contributed by atoms with Crippen molar-refractivity contribution in [2.75, 3.05) is 6.61 Å². The van der Waals surface area contributed by atoms with Gasteiger partial charge in [-0.3, -0.25) is 0 Å². The minimum atomic E-state index is -1.42. The predicted molar refractivity (Wildman–Crippen MR) is 66.5 cm³/mol. The average molecular weight is 220 g/mol. The second-order valence-corrected chi connectivity index (χ2v) is 9.43. The highest BCUT2D eigenvalue weighted by Crippen LogP contribution is 2.40. The lowest BCUT2D eigenvalue weighted by Crippen LogP contribution is -2.32. The molecule has 0 radical (unpaired) electrons. The molecule has 15 heavy (non-hydrogen) atoms. The summed E-state index contributed by atoms with van der Waals surface area (Å²) in [6.07, 6.45) is 1.20. The Morgan fingerprint density at radius 1 is 1.27 bits per heavy atom. The normalized spacial score (nSPS) is 29.3. The topological polar surface area (TPSA) is 9.23 Å². The van der Waals surface area contributed by atoms with Gasteiger partial charge in [-0.15, -0.1) is 0 Å². The minimum Gasteiger partial charge on any atom is -0.417 e. The van der Waals surface area contributed by atoms with Crippen molar-refractivity contribution in [2.45, 2.75) is 32.0 Å². The Morgan fingerprint density at radius 3 is 2.47 bits per heavy atom. The Hall–Kier alpha value is -0.603. The highest BCUT2D eigenvalue weighted by atomic mass is 28.4. The van der Waals surface area contributed by atoms with E-state index in [1.165, 1.54) is 12.0 Å². The lowest BCUT2D eigenvalue weighted by atomic mass is 10.0. The zero-order valence-electron chi connectivity index (χ0n) is 9.86. The Balaban J connectivity index is 2.11. The van der Waals surface area contributed by atoms with Crippen LogP contribution in [0.3, 0.4) is 0 Å². The van der Waals surface area contributed by atoms with Gasteiger partial charge in [0.05, 0.1) is 0 Å². The fourth-order valence-electron chi connectivity index (χ4n) is 2.57. The van der Waals surface area contributed by atoms with Crippen LogP contribution in [0.25, 0.3) is 0 Å². The molecule has 1 aromatic carbocycles. The molecule has 82 valence electrons. The molecular weight excluding hydrogens is 200 g/mol. The van der Waals surface area contributed by atoms with Crippen LogP contribution in [-0.4, -0.2) is 14.9 Å². The molecule has 1 aliphatic rings. The highest BCUT2D eigenvalue weighted by molar-refractivity contribution is 6.73. The van der Waals surface area contributed by atoms with E-state index in [1.807, 2.05) is 0 Å². The van der Waals surface area contributed by atoms with Crippen molar-refractivity contribution in [1.82, 2.24) is 0 Å². The molecule has 0 aliphatic carbocycles. The molecule has 0 bridgehead atoms. The van der Waals surface area contributed by atoms with Gasteiger partial charge < -0.3 is 4.43 Å². The molecule has 0 aromatic heterocycles. The van der Waals surface area contributed by atoms with Crippen LogP contribution in [0, 0.1) is 5.92 Å². The van der Waals surface area contributed by atoms with Gasteiger partial charge >= 0.3 is 0 Å². The molecule has 2 rings (SSSR count). The van der Waals surface area contributed by atoms with Gasteiger partial charge in [0.25, 0.3) is 0 Å². The summed E-state index contributed by atoms with van der Waals surface area (Å²) in [5.41, 5.74) is 2.24. The fraction of sp³-hybridized carbons (Fsp3) is 0.538. The van der Waals surface area contributed by atoms with Crippen LogP contribution in [0.4, 0.5) is 0 Å². The first kappa shape index (κ1) is 10.9. The maximum atomic E-state index is 5.98. The van der Waals surface area contributed by atoms with E-state index in [-0.39, 0.29) is 0 Å². The molecule has 2 unspecified atom stereocenters. The summed E-state index contributed by atoms with van der Waals surface area (Å²) in [4.78, 5) is 0. The monoisotopic (exact) mass is 220 g/mol. The summed E-state index contributed by atoms with van der Waals surface area (Å²) in [7, 11) is -1.42. The maximum Gasteiger partial charge on any atom is 0.190 e. The molecule has 1 aliphatic heterocycles. The largest absolute Gasteiger partial charge is 0.417 e. The third-order valence-corrected chi connectivity index (χ3v) is 7.07. The van der Waals surface area contributed by atoms with E-state index in [0.717, 1.165) is 18.1 Å². The molecule has 1 heterocycles. The Bertz CT molecular complexity index is 321. The van der Waals surface area contributed by atoms with E-state index < -0.39 is 8.32 Å². The standard InChI is InChI=1S/C13H20OSi/c1-11-10-14-15(2,3)13(11)9-12-7-5-4-6-8-12/h4-8,11,13H,9-10H2,1-3H3. The summed E-state index contributed by atoms with van der Waals surface area (Å²) in [6, 6.07) is 10.8. The van der Waals surface area contributed by atoms with Gasteiger partial charge in [-0.1, -0.05) is 37.3 Å². The quantitative estimate of drug-likeness (QED) is 0.693. The molecule has 2 atom stereocenters. The van der Waals surface area contributed by atoms with Crippen LogP contribution in [0.1, 0.15) is 12.5 Å². The van der Waals surface area contributed by atoms with Crippen LogP contribution in [-0.2, 0) is 10.8 Å². The van der Waals surface area contributed by atoms with Crippen molar-refractivity contribution in [3.8, 4) is 0 Å². The van der Waals surface area contributed by atoms with Gasteiger partial charge in [0.1, 0.15) is 0 Å². The summed E-state index contributed by atoms with van der Waals surface area (Å²) in [5.74, 6) is 0.729. The fourth-order valence-corrected chi connectivity index (χ4v) is 5.67. The highest BCUT2D eigenvalue weighted by Gasteiger charge is 2.42. The first-order valence-corrected chi connectivity index (χ1v) is 8.76. The second kappa shape index (κ2) is 4.10. The Labute approximate surface area is 93.6 Å². The van der Waals surface area contributed by atoms with Gasteiger partial charge in [-0.2, -0.15) is 0 Å². The Kier molecular flexibility index (Phi) is 2.98. The predicted octanol–water partition coefficient (Wildman–Crippen LogP) is 3.47. The summed E-state index contributed by atoms with van der Waals surface area (Å²) < 4.78 is 5.98. The molecule has 1 saturated heterocycles. The third-order valence-electron chi connectivity index (χ3n) is 3.60. The van der Waals surface area contributed by atoms with E-state index in [9.17, 15) is 0 Å². The lowest BCUT2D eigenvalue weighted by molar-refractivity contribution is 0.311. The molecular formula is C13H20OSi. The van der Waals surface area contributed by atoms with Crippen molar-refractivity contribution in [2.24, 2.45) is 5.92 Å². The number of hydrogen-bond acceptors (Lipinski definition) is 1. The van der Waals surface area contributed by atoms with Crippen LogP contribution in [0.2, 0.25) is 18.6 Å². The van der Waals surface area contributed by atoms with E-state index in [4.69, 9.17) is 4.43 Å². The molecule has 1 aromatic rings. The van der Waals surface area contributed by atoms with Crippen LogP contribution >= 0.6 is 0 Å². The van der Waals surface area contributed by atoms with Crippen LogP contribution < -0.4 is 0 Å². The molecule has 0 spiro atoms. The van der Waals surface area contributed by atoms with Crippen LogP contribution in [0.15, 0.2) is 30.3 Å². The van der Waals surface area contributed by atoms with Crippen LogP contribution in [0.5, 0.6) is 0 Å². The molecule has 0 amide bonds. The SMILES string of the molecule is CC1CO[Si](C)(C)C1Cc1ccccc1. The van der Waals surface area contributed by atoms with E-state index in [2.05, 4.69) is 50.3 Å². The zero-order valence-corrected chi connectivity index (χ0v) is 10.9. The maximum absolute atomic E-state index is 5.98. The number of benzene rings is 1. The summed E-state index contributed by atoms with van der Waals surface area (Å²) in [5, 5.41) is 0. The first-order valence-electron chi connectivity index (χ1n) is 5.77. The first-order chi connectivity index (χ1) is 7.09. The Morgan fingerprint density at radius 2 is 1.93 bits per heavy atom. The van der Waals surface area contributed by atoms with Gasteiger partial charge in [0, 0.05) is 6.61 Å². The van der Waals surface area contributed by atoms with Gasteiger partial charge in [0.15, 0.2) is 8.32 Å². The second-order valence-electron chi connectivity index (χ2n) is 5.19. The minimum absolute atomic E-state index is 0.729. The molecule has 0 N–H and O–H groups in total. The summed E-state index contributed by atoms with van der Waals surface area (Å²) >= 11 is 0. The average Bonchev–Trinajstić information content (AvgIpc) is 2.47. The van der Waals surface area contributed by atoms with Crippen molar-refractivity contribution in [1.29, 1.82) is 0 Å². The van der Waals surface area contributed by atoms with Gasteiger partial charge in [-0.25, -0.2) is 0 Å². The molecule has 1 fully saturated rings. The third kappa shape index (κ3) is 2.32. The van der Waals surface area contributed by atoms with E-state index in [0.29, 0.717) is 0 Å². The number of hydrogen-bond donors (Lipinski definition) is 0. The smallest absolute Gasteiger partial charge is 0.190 e. The van der Waals surface area contributed by atoms with Crippen molar-refractivity contribution in [3.63, 3.8) is 0 Å². The van der Waals surface area contributed by atoms with Crippen molar-refractivity contribution >= 4 is 8.32 Å². The van der Waals surface area contributed by atoms with E-state index in [1.54, 1.807) is 0 Å². The lowest BCUT2D eigenvalue weighted by Gasteiger charge is -2.25. The molecule has 2 heteroatoms. The number of rotatable bonds is 2. The molecule has 1 nitrogen and oxygen atoms in total. The zero-order chi connectivity index (χ0) is 10.9. The van der Waals surface area contributed by atoms with Crippen molar-refractivity contribution in [3.05, 3.63) is 35.9 Å². The van der Waals surface area contributed by atoms with Gasteiger partial charge in [0.2, 0.25) is 0 Å². The molecule has 0 saturated carbocycles. The van der Waals surface area contributed by atoms with Crippen molar-refractivity contribution < 1.29 is 4.43 Å².